The van der Waals surface area contributed by atoms with Gasteiger partial charge in [-0.05, 0) is 38.5 Å². The summed E-state index contributed by atoms with van der Waals surface area (Å²) in [6.45, 7) is 6.96. The van der Waals surface area contributed by atoms with E-state index in [4.69, 9.17) is 0 Å². The summed E-state index contributed by atoms with van der Waals surface area (Å²) in [4.78, 5) is 0. The fourth-order valence-corrected chi connectivity index (χ4v) is 6.84. The summed E-state index contributed by atoms with van der Waals surface area (Å²) in [5, 5.41) is 0. The van der Waals surface area contributed by atoms with Crippen molar-refractivity contribution in [1.82, 2.24) is 0 Å². The molecule has 0 aromatic heterocycles. The van der Waals surface area contributed by atoms with Gasteiger partial charge in [-0.25, -0.2) is 0 Å². The van der Waals surface area contributed by atoms with Gasteiger partial charge in [0.15, 0.2) is 0 Å². The van der Waals surface area contributed by atoms with Crippen molar-refractivity contribution < 1.29 is 0 Å². The molecule has 0 bridgehead atoms. The van der Waals surface area contributed by atoms with Crippen molar-refractivity contribution in [3.8, 4) is 0 Å². The van der Waals surface area contributed by atoms with Gasteiger partial charge in [-0.1, -0.05) is 97.8 Å². The topological polar surface area (TPSA) is 0 Å². The minimum atomic E-state index is -0.0222. The minimum absolute atomic E-state index is 0. The Hall–Kier alpha value is 0.973. The van der Waals surface area contributed by atoms with Gasteiger partial charge in [0.05, 0.1) is 18.5 Å². The fourth-order valence-electron chi connectivity index (χ4n) is 3.84. The Morgan fingerprint density at radius 2 is 0.577 bits per heavy atom. The Bertz CT molecular complexity index is 194. The molecular weight excluding hydrogens is 392 g/mol. The van der Waals surface area contributed by atoms with Gasteiger partial charge >= 0.3 is 17.6 Å². The Morgan fingerprint density at radius 3 is 0.846 bits per heavy atom. The predicted molar refractivity (Wildman–Crippen MR) is 133 cm³/mol. The van der Waals surface area contributed by atoms with Crippen LogP contribution >= 0.6 is 7.92 Å². The molecule has 0 aliphatic heterocycles. The molecule has 0 nitrogen and oxygen atoms in total. The second-order valence-electron chi connectivity index (χ2n) is 8.30. The first-order valence-corrected chi connectivity index (χ1v) is 14.3. The third-order valence-corrected chi connectivity index (χ3v) is 8.83. The fraction of sp³-hybridized carbons (Fsp3) is 1.00. The second kappa shape index (κ2) is 26.0. The summed E-state index contributed by atoms with van der Waals surface area (Å²) in [6, 6.07) is 0. The van der Waals surface area contributed by atoms with Crippen LogP contribution in [0.5, 0.6) is 0 Å². The van der Waals surface area contributed by atoms with Gasteiger partial charge in [-0.15, -0.1) is 0 Å². The summed E-state index contributed by atoms with van der Waals surface area (Å²) in [5.74, 6) is 0. The third kappa shape index (κ3) is 23.0. The summed E-state index contributed by atoms with van der Waals surface area (Å²) >= 11 is 0. The maximum atomic E-state index is 2.32. The van der Waals surface area contributed by atoms with Crippen molar-refractivity contribution in [2.24, 2.45) is 0 Å². The number of hydrogen-bond acceptors (Lipinski definition) is 0. The molecule has 0 aromatic carbocycles. The van der Waals surface area contributed by atoms with Crippen LogP contribution in [0.15, 0.2) is 0 Å². The van der Waals surface area contributed by atoms with Gasteiger partial charge in [0, 0.05) is 7.92 Å². The van der Waals surface area contributed by atoms with Crippen LogP contribution < -0.4 is 0 Å². The Morgan fingerprint density at radius 1 is 0.346 bits per heavy atom. The van der Waals surface area contributed by atoms with Crippen molar-refractivity contribution in [2.45, 2.75) is 136 Å². The number of unbranched alkanes of at least 4 members (excludes halogenated alkanes) is 15. The van der Waals surface area contributed by atoms with Crippen molar-refractivity contribution in [3.05, 3.63) is 0 Å². The van der Waals surface area contributed by atoms with Crippen LogP contribution in [0.3, 0.4) is 0 Å². The molecule has 0 saturated heterocycles. The van der Waals surface area contributed by atoms with Crippen LogP contribution in [0, 0.1) is 0 Å². The Kier molecular flexibility index (Phi) is 29.1. The van der Waals surface area contributed by atoms with Gasteiger partial charge in [0.1, 0.15) is 0 Å². The number of rotatable bonds is 21. The molecule has 0 atom stereocenters. The van der Waals surface area contributed by atoms with Crippen LogP contribution in [0.4, 0.5) is 0 Å². The van der Waals surface area contributed by atoms with E-state index in [9.17, 15) is 0 Å². The first-order chi connectivity index (χ1) is 12.3. The third-order valence-electron chi connectivity index (χ3n) is 5.65. The van der Waals surface area contributed by atoms with E-state index in [1.54, 1.807) is 37.7 Å². The van der Waals surface area contributed by atoms with Gasteiger partial charge < -0.3 is 0 Å². The van der Waals surface area contributed by atoms with Crippen molar-refractivity contribution in [2.75, 3.05) is 18.5 Å². The van der Waals surface area contributed by atoms with Crippen LogP contribution in [-0.2, 0) is 0 Å². The molecule has 159 valence electrons. The maximum absolute atomic E-state index is 2.32. The molecule has 0 aliphatic carbocycles. The van der Waals surface area contributed by atoms with Crippen LogP contribution in [-0.4, -0.2) is 36.1 Å². The van der Waals surface area contributed by atoms with Crippen molar-refractivity contribution in [1.29, 1.82) is 0 Å². The van der Waals surface area contributed by atoms with Crippen molar-refractivity contribution in [3.63, 3.8) is 0 Å². The first kappa shape index (κ1) is 29.2. The van der Waals surface area contributed by atoms with E-state index < -0.39 is 0 Å². The molecule has 2 heteroatoms. The van der Waals surface area contributed by atoms with Crippen LogP contribution in [0.2, 0.25) is 0 Å². The molecule has 0 amide bonds. The SMILES string of the molecule is CCCCCCCC[PH+](CCCCCCCC)CCCCCCCC.[GeH3]. The molecule has 0 spiro atoms. The molecule has 0 unspecified atom stereocenters. The molecule has 0 fully saturated rings. The average Bonchev–Trinajstić information content (AvgIpc) is 2.63. The Balaban J connectivity index is 0. The molecule has 26 heavy (non-hydrogen) atoms. The normalized spacial score (nSPS) is 11.1. The average molecular weight is 447 g/mol. The summed E-state index contributed by atoms with van der Waals surface area (Å²) < 4.78 is 0. The van der Waals surface area contributed by atoms with Gasteiger partial charge in [0.2, 0.25) is 0 Å². The van der Waals surface area contributed by atoms with E-state index in [0.29, 0.717) is 0 Å². The zero-order valence-electron chi connectivity index (χ0n) is 19.3. The quantitative estimate of drug-likeness (QED) is 0.0948. The van der Waals surface area contributed by atoms with Crippen LogP contribution in [0.25, 0.3) is 0 Å². The first-order valence-electron chi connectivity index (χ1n) is 12.2. The molecule has 0 N–H and O–H groups in total. The van der Waals surface area contributed by atoms with Gasteiger partial charge in [0.25, 0.3) is 0 Å². The standard InChI is InChI=1S/C24H51P.GeH3/c1-4-7-10-13-16-19-22-25(23-20-17-14-11-8-5-2)24-21-18-15-12-9-6-3;/h4-24H2,1-3H3;1H3/p+1. The molecule has 0 heterocycles. The van der Waals surface area contributed by atoms with E-state index in [2.05, 4.69) is 20.8 Å². The monoisotopic (exact) mass is 448 g/mol. The van der Waals surface area contributed by atoms with Crippen molar-refractivity contribution >= 4 is 25.5 Å². The van der Waals surface area contributed by atoms with Gasteiger partial charge in [-0.2, -0.15) is 0 Å². The summed E-state index contributed by atoms with van der Waals surface area (Å²) in [5.41, 5.74) is 0. The molecule has 0 saturated carbocycles. The van der Waals surface area contributed by atoms with Gasteiger partial charge in [-0.3, -0.25) is 0 Å². The molecule has 0 aromatic rings. The van der Waals surface area contributed by atoms with E-state index in [-0.39, 0.29) is 25.5 Å². The number of hydrogen-bond donors (Lipinski definition) is 0. The molecule has 0 rings (SSSR count). The van der Waals surface area contributed by atoms with E-state index in [0.717, 1.165) is 0 Å². The molecule has 0 aliphatic rings. The van der Waals surface area contributed by atoms with E-state index >= 15 is 0 Å². The van der Waals surface area contributed by atoms with E-state index in [1.165, 1.54) is 96.3 Å². The molecule has 1 radical (unpaired) electrons. The van der Waals surface area contributed by atoms with E-state index in [1.807, 2.05) is 0 Å². The van der Waals surface area contributed by atoms with Crippen LogP contribution in [0.1, 0.15) is 136 Å². The Labute approximate surface area is 180 Å². The molecular formula is C24H55GeP+. The second-order valence-corrected chi connectivity index (χ2v) is 11.3. The zero-order chi connectivity index (χ0) is 18.4. The summed E-state index contributed by atoms with van der Waals surface area (Å²) in [7, 11) is -0.0222. The summed E-state index contributed by atoms with van der Waals surface area (Å²) in [6.07, 6.45) is 31.5. The predicted octanol–water partition coefficient (Wildman–Crippen LogP) is 8.10. The zero-order valence-corrected chi connectivity index (χ0v) is 24.5.